The van der Waals surface area contributed by atoms with Gasteiger partial charge in [0.25, 0.3) is 5.92 Å². The summed E-state index contributed by atoms with van der Waals surface area (Å²) in [6.07, 6.45) is 0. The first kappa shape index (κ1) is 15.8. The van der Waals surface area contributed by atoms with Crippen molar-refractivity contribution in [1.29, 1.82) is 0 Å². The average Bonchev–Trinajstić information content (AvgIpc) is 2.34. The van der Waals surface area contributed by atoms with Crippen molar-refractivity contribution in [2.45, 2.75) is 10.8 Å². The van der Waals surface area contributed by atoms with Gasteiger partial charge >= 0.3 is 0 Å². The molecule has 0 atom stereocenters. The highest BCUT2D eigenvalue weighted by atomic mass is 32.2. The van der Waals surface area contributed by atoms with Crippen molar-refractivity contribution in [2.24, 2.45) is 5.73 Å². The van der Waals surface area contributed by atoms with E-state index in [2.05, 4.69) is 5.73 Å². The third-order valence-electron chi connectivity index (χ3n) is 2.11. The summed E-state index contributed by atoms with van der Waals surface area (Å²) < 4.78 is 88.5. The molecule has 0 aliphatic rings. The topological polar surface area (TPSA) is 72.2 Å². The van der Waals surface area contributed by atoms with Crippen LogP contribution in [0.2, 0.25) is 0 Å². The van der Waals surface area contributed by atoms with Crippen molar-refractivity contribution < 1.29 is 30.4 Å². The highest BCUT2D eigenvalue weighted by Gasteiger charge is 2.31. The van der Waals surface area contributed by atoms with Gasteiger partial charge < -0.3 is 5.73 Å². The van der Waals surface area contributed by atoms with Crippen molar-refractivity contribution in [3.8, 4) is 0 Å². The van der Waals surface area contributed by atoms with Gasteiger partial charge in [-0.05, 0) is 12.1 Å². The number of benzene rings is 1. The number of nitrogens with one attached hydrogen (secondary N) is 1. The van der Waals surface area contributed by atoms with Gasteiger partial charge in [0.05, 0.1) is 13.1 Å². The normalized spacial score (nSPS) is 12.7. The molecule has 1 aromatic rings. The lowest BCUT2D eigenvalue weighted by atomic mass is 10.3. The minimum atomic E-state index is -4.74. The van der Waals surface area contributed by atoms with Crippen molar-refractivity contribution in [1.82, 2.24) is 4.72 Å². The van der Waals surface area contributed by atoms with E-state index in [1.165, 1.54) is 4.72 Å². The first-order chi connectivity index (χ1) is 8.60. The van der Waals surface area contributed by atoms with E-state index in [9.17, 15) is 30.4 Å². The van der Waals surface area contributed by atoms with Crippen molar-refractivity contribution in [2.75, 3.05) is 13.1 Å². The Morgan fingerprint density at radius 2 is 1.74 bits per heavy atom. The smallest absolute Gasteiger partial charge is 0.273 e. The van der Waals surface area contributed by atoms with Crippen LogP contribution in [0.25, 0.3) is 0 Å². The fourth-order valence-electron chi connectivity index (χ4n) is 1.07. The molecular weight excluding hydrogens is 295 g/mol. The Hall–Kier alpha value is -1.26. The maximum atomic E-state index is 13.2. The highest BCUT2D eigenvalue weighted by molar-refractivity contribution is 7.89. The van der Waals surface area contributed by atoms with E-state index in [-0.39, 0.29) is 0 Å². The monoisotopic (exact) mass is 304 g/mol. The lowest BCUT2D eigenvalue weighted by Gasteiger charge is -2.15. The summed E-state index contributed by atoms with van der Waals surface area (Å²) in [5.74, 6) is -9.12. The maximum Gasteiger partial charge on any atom is 0.273 e. The molecule has 0 saturated carbocycles. The Balaban J connectivity index is 3.06. The minimum absolute atomic E-state index is 0.369. The number of halogens is 5. The van der Waals surface area contributed by atoms with Crippen molar-refractivity contribution in [3.05, 3.63) is 29.6 Å². The van der Waals surface area contributed by atoms with Gasteiger partial charge in [-0.1, -0.05) is 0 Å². The molecule has 1 aromatic carbocycles. The lowest BCUT2D eigenvalue weighted by molar-refractivity contribution is 0.0170. The fourth-order valence-corrected chi connectivity index (χ4v) is 2.20. The molecule has 0 aliphatic carbocycles. The first-order valence-corrected chi connectivity index (χ1v) is 6.30. The molecule has 0 unspecified atom stereocenters. The Morgan fingerprint density at radius 3 is 2.26 bits per heavy atom. The molecule has 0 amide bonds. The van der Waals surface area contributed by atoms with Crippen LogP contribution in [0.15, 0.2) is 17.0 Å². The molecule has 4 nitrogen and oxygen atoms in total. The summed E-state index contributed by atoms with van der Waals surface area (Å²) in [5.41, 5.74) is 4.68. The number of hydrogen-bond acceptors (Lipinski definition) is 3. The minimum Gasteiger partial charge on any atom is -0.325 e. The SMILES string of the molecule is NCC(F)(F)CNS(=O)(=O)c1ccc(F)c(F)c1F. The molecule has 0 heterocycles. The summed E-state index contributed by atoms with van der Waals surface area (Å²) >= 11 is 0. The molecule has 108 valence electrons. The van der Waals surface area contributed by atoms with E-state index in [0.717, 1.165) is 0 Å². The molecule has 0 aliphatic heterocycles. The zero-order valence-corrected chi connectivity index (χ0v) is 10.1. The van der Waals surface area contributed by atoms with Gasteiger partial charge in [0.2, 0.25) is 10.0 Å². The van der Waals surface area contributed by atoms with Gasteiger partial charge in [-0.25, -0.2) is 35.1 Å². The fraction of sp³-hybridized carbons (Fsp3) is 0.333. The van der Waals surface area contributed by atoms with Crippen LogP contribution in [0, 0.1) is 17.5 Å². The number of nitrogens with two attached hydrogens (primary N) is 1. The number of alkyl halides is 2. The van der Waals surface area contributed by atoms with Crippen LogP contribution in [0.5, 0.6) is 0 Å². The third-order valence-corrected chi connectivity index (χ3v) is 3.53. The van der Waals surface area contributed by atoms with Crippen LogP contribution in [-0.2, 0) is 10.0 Å². The summed E-state index contributed by atoms with van der Waals surface area (Å²) in [6, 6.07) is 0.796. The van der Waals surface area contributed by atoms with Crippen molar-refractivity contribution >= 4 is 10.0 Å². The Kier molecular flexibility index (Phi) is 4.48. The van der Waals surface area contributed by atoms with Crippen LogP contribution < -0.4 is 10.5 Å². The van der Waals surface area contributed by atoms with E-state index in [1.807, 2.05) is 0 Å². The van der Waals surface area contributed by atoms with E-state index in [0.29, 0.717) is 12.1 Å². The van der Waals surface area contributed by atoms with Gasteiger partial charge in [-0.2, -0.15) is 0 Å². The van der Waals surface area contributed by atoms with Crippen LogP contribution in [0.4, 0.5) is 22.0 Å². The molecule has 0 spiro atoms. The van der Waals surface area contributed by atoms with Crippen molar-refractivity contribution in [3.63, 3.8) is 0 Å². The zero-order valence-electron chi connectivity index (χ0n) is 9.26. The van der Waals surface area contributed by atoms with Crippen LogP contribution in [-0.4, -0.2) is 27.4 Å². The Morgan fingerprint density at radius 1 is 1.16 bits per heavy atom. The van der Waals surface area contributed by atoms with E-state index in [4.69, 9.17) is 0 Å². The second-order valence-corrected chi connectivity index (χ2v) is 5.29. The summed E-state index contributed by atoms with van der Waals surface area (Å²) in [7, 11) is -4.74. The van der Waals surface area contributed by atoms with Gasteiger partial charge in [-0.15, -0.1) is 0 Å². The molecule has 3 N–H and O–H groups in total. The number of rotatable bonds is 5. The van der Waals surface area contributed by atoms with E-state index in [1.54, 1.807) is 0 Å². The Labute approximate surface area is 105 Å². The van der Waals surface area contributed by atoms with Gasteiger partial charge in [0, 0.05) is 0 Å². The molecular formula is C9H9F5N2O2S. The molecule has 0 radical (unpaired) electrons. The average molecular weight is 304 g/mol. The second kappa shape index (κ2) is 5.39. The zero-order chi connectivity index (χ0) is 14.8. The lowest BCUT2D eigenvalue weighted by Crippen LogP contribution is -2.41. The van der Waals surface area contributed by atoms with Gasteiger partial charge in [-0.3, -0.25) is 0 Å². The Bertz CT molecular complexity index is 576. The highest BCUT2D eigenvalue weighted by Crippen LogP contribution is 2.20. The predicted molar refractivity (Wildman–Crippen MR) is 55.5 cm³/mol. The van der Waals surface area contributed by atoms with E-state index < -0.39 is 51.4 Å². The van der Waals surface area contributed by atoms with Gasteiger partial charge in [0.1, 0.15) is 4.90 Å². The molecule has 0 aromatic heterocycles. The summed E-state index contributed by atoms with van der Waals surface area (Å²) in [6.45, 7) is -2.51. The predicted octanol–water partition coefficient (Wildman–Crippen LogP) is 0.976. The van der Waals surface area contributed by atoms with Crippen LogP contribution in [0.3, 0.4) is 0 Å². The first-order valence-electron chi connectivity index (χ1n) is 4.82. The van der Waals surface area contributed by atoms with Crippen LogP contribution >= 0.6 is 0 Å². The molecule has 10 heteroatoms. The largest absolute Gasteiger partial charge is 0.325 e. The summed E-state index contributed by atoms with van der Waals surface area (Å²) in [5, 5.41) is 0. The molecule has 0 bridgehead atoms. The van der Waals surface area contributed by atoms with Gasteiger partial charge in [0.15, 0.2) is 17.5 Å². The van der Waals surface area contributed by atoms with Crippen LogP contribution in [0.1, 0.15) is 0 Å². The number of sulfonamides is 1. The second-order valence-electron chi connectivity index (χ2n) is 3.56. The maximum absolute atomic E-state index is 13.2. The third kappa shape index (κ3) is 3.61. The summed E-state index contributed by atoms with van der Waals surface area (Å²) in [4.78, 5) is -1.26. The molecule has 1 rings (SSSR count). The molecule has 0 saturated heterocycles. The molecule has 19 heavy (non-hydrogen) atoms. The number of hydrogen-bond donors (Lipinski definition) is 2. The standard InChI is InChI=1S/C9H9F5N2O2S/c10-5-1-2-6(8(12)7(5)11)19(17,18)16-4-9(13,14)3-15/h1-2,16H,3-4,15H2. The molecule has 0 fully saturated rings. The van der Waals surface area contributed by atoms with E-state index >= 15 is 0 Å². The quantitative estimate of drug-likeness (QED) is 0.629.